The summed E-state index contributed by atoms with van der Waals surface area (Å²) in [6.07, 6.45) is -3.78. The Balaban J connectivity index is 1.65. The van der Waals surface area contributed by atoms with Gasteiger partial charge < -0.3 is 20.3 Å². The largest absolute Gasteiger partial charge is 0.488 e. The number of carbonyl (C=O) groups is 1. The molecule has 166 valence electrons. The number of rotatable bonds is 6. The van der Waals surface area contributed by atoms with Crippen LogP contribution in [0.15, 0.2) is 53.5 Å². The topological polar surface area (TPSA) is 66.0 Å². The molecule has 31 heavy (non-hydrogen) atoms. The van der Waals surface area contributed by atoms with Crippen LogP contribution in [-0.4, -0.2) is 50.1 Å². The van der Waals surface area contributed by atoms with E-state index in [9.17, 15) is 18.0 Å². The molecule has 0 aromatic heterocycles. The van der Waals surface area contributed by atoms with Crippen LogP contribution in [0.2, 0.25) is 0 Å². The molecular formula is C22H25F3N4O2. The van der Waals surface area contributed by atoms with Crippen molar-refractivity contribution in [3.05, 3.63) is 65.2 Å². The molecule has 2 aromatic rings. The molecule has 3 rings (SSSR count). The lowest BCUT2D eigenvalue weighted by Gasteiger charge is -2.17. The second kappa shape index (κ2) is 9.72. The Hall–Kier alpha value is -3.23. The number of fused-ring (bicyclic) bond motifs is 1. The van der Waals surface area contributed by atoms with E-state index < -0.39 is 11.7 Å². The zero-order chi connectivity index (χ0) is 22.4. The summed E-state index contributed by atoms with van der Waals surface area (Å²) in [5, 5.41) is 6.06. The lowest BCUT2D eigenvalue weighted by Crippen LogP contribution is -2.45. The van der Waals surface area contributed by atoms with Crippen LogP contribution in [0.1, 0.15) is 16.7 Å². The average molecular weight is 434 g/mol. The summed E-state index contributed by atoms with van der Waals surface area (Å²) in [5.41, 5.74) is 0.814. The average Bonchev–Trinajstić information content (AvgIpc) is 3.15. The Bertz CT molecular complexity index is 919. The minimum atomic E-state index is -4.41. The van der Waals surface area contributed by atoms with Gasteiger partial charge in [-0.1, -0.05) is 30.3 Å². The van der Waals surface area contributed by atoms with Gasteiger partial charge in [0.05, 0.1) is 25.2 Å². The number of nitrogens with one attached hydrogen (secondary N) is 2. The first-order valence-corrected chi connectivity index (χ1v) is 9.85. The Kier molecular flexibility index (Phi) is 7.04. The van der Waals surface area contributed by atoms with E-state index in [1.807, 2.05) is 24.3 Å². The highest BCUT2D eigenvalue weighted by Gasteiger charge is 2.30. The van der Waals surface area contributed by atoms with Gasteiger partial charge in [0.2, 0.25) is 5.91 Å². The Morgan fingerprint density at radius 2 is 1.94 bits per heavy atom. The number of likely N-dealkylation sites (N-methyl/N-ethyl adjacent to an activating group) is 1. The molecule has 1 amide bonds. The molecule has 0 saturated heterocycles. The van der Waals surface area contributed by atoms with Crippen LogP contribution < -0.4 is 15.4 Å². The standard InChI is InChI=1S/C22H25F3N4O2/c1-29(2)20(30)14-28-21(26-12-15-6-5-8-17(10-15)22(23,24)25)27-13-18-11-16-7-3-4-9-19(16)31-18/h3-10,18H,11-14H2,1-2H3,(H2,26,27,28). The maximum absolute atomic E-state index is 12.9. The molecule has 0 spiro atoms. The smallest absolute Gasteiger partial charge is 0.416 e. The molecule has 0 radical (unpaired) electrons. The van der Waals surface area contributed by atoms with Gasteiger partial charge in [0.15, 0.2) is 5.96 Å². The van der Waals surface area contributed by atoms with E-state index in [2.05, 4.69) is 15.6 Å². The van der Waals surface area contributed by atoms with Gasteiger partial charge in [-0.2, -0.15) is 13.2 Å². The highest BCUT2D eigenvalue weighted by Crippen LogP contribution is 2.30. The molecule has 1 unspecified atom stereocenters. The first-order valence-electron chi connectivity index (χ1n) is 9.85. The SMILES string of the molecule is CN(C)C(=O)CNC(=NCc1cccc(C(F)(F)F)c1)NCC1Cc2ccccc2O1. The number of halogens is 3. The van der Waals surface area contributed by atoms with Crippen LogP contribution in [0.4, 0.5) is 13.2 Å². The molecule has 1 atom stereocenters. The lowest BCUT2D eigenvalue weighted by molar-refractivity contribution is -0.137. The molecule has 0 fully saturated rings. The second-order valence-corrected chi connectivity index (χ2v) is 7.44. The number of hydrogen-bond donors (Lipinski definition) is 2. The monoisotopic (exact) mass is 434 g/mol. The summed E-state index contributed by atoms with van der Waals surface area (Å²) in [6, 6.07) is 12.8. The lowest BCUT2D eigenvalue weighted by atomic mass is 10.1. The van der Waals surface area contributed by atoms with Crippen molar-refractivity contribution < 1.29 is 22.7 Å². The Morgan fingerprint density at radius 3 is 2.65 bits per heavy atom. The van der Waals surface area contributed by atoms with E-state index in [1.54, 1.807) is 20.2 Å². The number of para-hydroxylation sites is 1. The number of amides is 1. The number of carbonyl (C=O) groups excluding carboxylic acids is 1. The van der Waals surface area contributed by atoms with Crippen molar-refractivity contribution in [2.45, 2.75) is 25.2 Å². The van der Waals surface area contributed by atoms with Crippen molar-refractivity contribution in [3.8, 4) is 5.75 Å². The summed E-state index contributed by atoms with van der Waals surface area (Å²) in [7, 11) is 3.28. The Morgan fingerprint density at radius 1 is 1.16 bits per heavy atom. The molecule has 1 heterocycles. The van der Waals surface area contributed by atoms with Gasteiger partial charge in [0.1, 0.15) is 11.9 Å². The van der Waals surface area contributed by atoms with E-state index in [-0.39, 0.29) is 25.1 Å². The summed E-state index contributed by atoms with van der Waals surface area (Å²) in [6.45, 7) is 0.466. The molecule has 9 heteroatoms. The van der Waals surface area contributed by atoms with E-state index in [1.165, 1.54) is 11.0 Å². The number of ether oxygens (including phenoxy) is 1. The third-order valence-corrected chi connectivity index (χ3v) is 4.79. The van der Waals surface area contributed by atoms with Crippen molar-refractivity contribution in [1.82, 2.24) is 15.5 Å². The summed E-state index contributed by atoms with van der Waals surface area (Å²) >= 11 is 0. The number of benzene rings is 2. The van der Waals surface area contributed by atoms with Gasteiger partial charge in [0.25, 0.3) is 0 Å². The predicted octanol–water partition coefficient (Wildman–Crippen LogP) is 2.83. The molecule has 1 aliphatic heterocycles. The fourth-order valence-electron chi connectivity index (χ4n) is 3.09. The molecule has 1 aliphatic rings. The Labute approximate surface area is 179 Å². The molecule has 0 bridgehead atoms. The first kappa shape index (κ1) is 22.5. The van der Waals surface area contributed by atoms with Gasteiger partial charge in [0, 0.05) is 20.5 Å². The minimum Gasteiger partial charge on any atom is -0.488 e. The van der Waals surface area contributed by atoms with E-state index in [4.69, 9.17) is 4.74 Å². The zero-order valence-corrected chi connectivity index (χ0v) is 17.4. The summed E-state index contributed by atoms with van der Waals surface area (Å²) < 4.78 is 44.7. The number of alkyl halides is 3. The molecule has 0 aliphatic carbocycles. The van der Waals surface area contributed by atoms with Crippen LogP contribution in [0.5, 0.6) is 5.75 Å². The molecule has 2 aromatic carbocycles. The van der Waals surface area contributed by atoms with Crippen LogP contribution in [-0.2, 0) is 23.9 Å². The number of aliphatic imine (C=N–C) groups is 1. The summed E-state index contributed by atoms with van der Waals surface area (Å²) in [4.78, 5) is 17.7. The normalized spacial score (nSPS) is 15.8. The second-order valence-electron chi connectivity index (χ2n) is 7.44. The van der Waals surface area contributed by atoms with Crippen LogP contribution in [0.25, 0.3) is 0 Å². The number of hydrogen-bond acceptors (Lipinski definition) is 3. The quantitative estimate of drug-likeness (QED) is 0.542. The van der Waals surface area contributed by atoms with E-state index >= 15 is 0 Å². The van der Waals surface area contributed by atoms with Gasteiger partial charge in [-0.05, 0) is 29.3 Å². The highest BCUT2D eigenvalue weighted by atomic mass is 19.4. The van der Waals surface area contributed by atoms with Crippen molar-refractivity contribution in [1.29, 1.82) is 0 Å². The predicted molar refractivity (Wildman–Crippen MR) is 112 cm³/mol. The highest BCUT2D eigenvalue weighted by molar-refractivity contribution is 5.86. The van der Waals surface area contributed by atoms with Gasteiger partial charge in [-0.15, -0.1) is 0 Å². The van der Waals surface area contributed by atoms with Crippen LogP contribution in [0.3, 0.4) is 0 Å². The van der Waals surface area contributed by atoms with E-state index in [0.29, 0.717) is 18.1 Å². The molecule has 2 N–H and O–H groups in total. The number of guanidine groups is 1. The van der Waals surface area contributed by atoms with E-state index in [0.717, 1.165) is 29.9 Å². The zero-order valence-electron chi connectivity index (χ0n) is 17.4. The van der Waals surface area contributed by atoms with Gasteiger partial charge >= 0.3 is 6.18 Å². The maximum atomic E-state index is 12.9. The summed E-state index contributed by atoms with van der Waals surface area (Å²) in [5.74, 6) is 1.01. The minimum absolute atomic E-state index is 0.00712. The van der Waals surface area contributed by atoms with Crippen molar-refractivity contribution in [2.24, 2.45) is 4.99 Å². The molecule has 0 saturated carbocycles. The fourth-order valence-corrected chi connectivity index (χ4v) is 3.09. The maximum Gasteiger partial charge on any atom is 0.416 e. The molecule has 6 nitrogen and oxygen atoms in total. The van der Waals surface area contributed by atoms with Crippen molar-refractivity contribution in [3.63, 3.8) is 0 Å². The third kappa shape index (κ3) is 6.37. The first-order chi connectivity index (χ1) is 14.7. The van der Waals surface area contributed by atoms with Crippen LogP contribution in [0, 0.1) is 0 Å². The van der Waals surface area contributed by atoms with Gasteiger partial charge in [-0.25, -0.2) is 4.99 Å². The fraction of sp³-hybridized carbons (Fsp3) is 0.364. The molecular weight excluding hydrogens is 409 g/mol. The van der Waals surface area contributed by atoms with Crippen molar-refractivity contribution >= 4 is 11.9 Å². The van der Waals surface area contributed by atoms with Crippen LogP contribution >= 0.6 is 0 Å². The third-order valence-electron chi connectivity index (χ3n) is 4.79. The van der Waals surface area contributed by atoms with Gasteiger partial charge in [-0.3, -0.25) is 4.79 Å². The number of nitrogens with zero attached hydrogens (tertiary/aromatic N) is 2. The van der Waals surface area contributed by atoms with Crippen molar-refractivity contribution in [2.75, 3.05) is 27.2 Å².